The van der Waals surface area contributed by atoms with E-state index in [1.807, 2.05) is 18.2 Å². The molecule has 0 fully saturated rings. The number of pyridine rings is 1. The van der Waals surface area contributed by atoms with Crippen molar-refractivity contribution in [3.63, 3.8) is 0 Å². The third-order valence-corrected chi connectivity index (χ3v) is 4.92. The van der Waals surface area contributed by atoms with E-state index < -0.39 is 0 Å². The van der Waals surface area contributed by atoms with E-state index in [1.165, 1.54) is 18.4 Å². The summed E-state index contributed by atoms with van der Waals surface area (Å²) in [5.74, 6) is 0.728. The molecule has 7 heteroatoms. The summed E-state index contributed by atoms with van der Waals surface area (Å²) in [6, 6.07) is 17.2. The Bertz CT molecular complexity index is 1390. The summed E-state index contributed by atoms with van der Waals surface area (Å²) < 4.78 is 11.5. The van der Waals surface area contributed by atoms with E-state index in [2.05, 4.69) is 15.2 Å². The molecular formula is C24H17N3O4. The molecule has 0 saturated carbocycles. The summed E-state index contributed by atoms with van der Waals surface area (Å²) >= 11 is 0. The molecule has 0 saturated heterocycles. The van der Waals surface area contributed by atoms with E-state index in [4.69, 9.17) is 9.15 Å². The zero-order valence-corrected chi connectivity index (χ0v) is 16.3. The summed E-state index contributed by atoms with van der Waals surface area (Å²) in [6.07, 6.45) is 4.92. The smallest absolute Gasteiger partial charge is 0.200 e. The van der Waals surface area contributed by atoms with Gasteiger partial charge in [-0.15, -0.1) is 0 Å². The van der Waals surface area contributed by atoms with Gasteiger partial charge in [-0.25, -0.2) is 0 Å². The van der Waals surface area contributed by atoms with Gasteiger partial charge in [-0.3, -0.25) is 14.9 Å². The number of phenols is 1. The van der Waals surface area contributed by atoms with Crippen LogP contribution >= 0.6 is 0 Å². The van der Waals surface area contributed by atoms with E-state index >= 15 is 0 Å². The standard InChI is InChI=1S/C24H17N3O4/c28-17-4-2-16(3-5-17)20-14-31-23-11-18(6-7-19(23)24(20)29)30-13-15-1-8-21(25-12-15)22-9-10-26-27-22/h1-12,14,28H,13H2,(H,26,27). The van der Waals surface area contributed by atoms with Crippen LogP contribution in [0, 0.1) is 0 Å². The second-order valence-electron chi connectivity index (χ2n) is 6.98. The molecule has 5 aromatic rings. The molecule has 0 amide bonds. The fraction of sp³-hybridized carbons (Fsp3) is 0.0417. The minimum absolute atomic E-state index is 0.140. The molecular weight excluding hydrogens is 394 g/mol. The Balaban J connectivity index is 1.35. The Kier molecular flexibility index (Phi) is 4.68. The second kappa shape index (κ2) is 7.79. The van der Waals surface area contributed by atoms with E-state index in [0.29, 0.717) is 34.5 Å². The Hall–Kier alpha value is -4.39. The number of fused-ring (bicyclic) bond motifs is 1. The average Bonchev–Trinajstić information content (AvgIpc) is 3.34. The number of hydrogen-bond donors (Lipinski definition) is 2. The van der Waals surface area contributed by atoms with Crippen molar-refractivity contribution in [1.29, 1.82) is 0 Å². The maximum absolute atomic E-state index is 12.9. The van der Waals surface area contributed by atoms with E-state index in [9.17, 15) is 9.90 Å². The highest BCUT2D eigenvalue weighted by Gasteiger charge is 2.10. The molecule has 0 spiro atoms. The number of H-pyrrole nitrogens is 1. The summed E-state index contributed by atoms with van der Waals surface area (Å²) in [4.78, 5) is 17.3. The molecule has 3 aromatic heterocycles. The lowest BCUT2D eigenvalue weighted by molar-refractivity contribution is 0.306. The summed E-state index contributed by atoms with van der Waals surface area (Å²) in [7, 11) is 0. The van der Waals surface area contributed by atoms with E-state index in [-0.39, 0.29) is 11.2 Å². The van der Waals surface area contributed by atoms with E-state index in [0.717, 1.165) is 17.0 Å². The van der Waals surface area contributed by atoms with Gasteiger partial charge in [-0.05, 0) is 42.0 Å². The van der Waals surface area contributed by atoms with Crippen molar-refractivity contribution >= 4 is 11.0 Å². The van der Waals surface area contributed by atoms with Crippen molar-refractivity contribution in [1.82, 2.24) is 15.2 Å². The van der Waals surface area contributed by atoms with Gasteiger partial charge < -0.3 is 14.3 Å². The fourth-order valence-corrected chi connectivity index (χ4v) is 3.27. The van der Waals surface area contributed by atoms with Crippen LogP contribution in [-0.4, -0.2) is 20.3 Å². The van der Waals surface area contributed by atoms with Gasteiger partial charge in [-0.1, -0.05) is 18.2 Å². The number of nitrogens with one attached hydrogen (secondary N) is 1. The SMILES string of the molecule is O=c1c(-c2ccc(O)cc2)coc2cc(OCc3ccc(-c4cc[nH]n4)nc3)ccc12. The van der Waals surface area contributed by atoms with Crippen LogP contribution in [0.4, 0.5) is 0 Å². The van der Waals surface area contributed by atoms with Crippen molar-refractivity contribution in [3.8, 4) is 34.0 Å². The Labute approximate surface area is 176 Å². The largest absolute Gasteiger partial charge is 0.508 e. The molecule has 0 unspecified atom stereocenters. The van der Waals surface area contributed by atoms with Crippen molar-refractivity contribution in [3.05, 3.63) is 95.1 Å². The van der Waals surface area contributed by atoms with Crippen LogP contribution in [0.3, 0.4) is 0 Å². The lowest BCUT2D eigenvalue weighted by Crippen LogP contribution is -2.05. The number of aromatic hydroxyl groups is 1. The van der Waals surface area contributed by atoms with Crippen LogP contribution in [-0.2, 0) is 6.61 Å². The van der Waals surface area contributed by atoms with Crippen molar-refractivity contribution in [2.75, 3.05) is 0 Å². The number of ether oxygens (including phenoxy) is 1. The van der Waals surface area contributed by atoms with Gasteiger partial charge in [0.2, 0.25) is 0 Å². The number of benzene rings is 2. The molecule has 152 valence electrons. The molecule has 0 aliphatic carbocycles. The topological polar surface area (TPSA) is 101 Å². The zero-order valence-electron chi connectivity index (χ0n) is 16.3. The van der Waals surface area contributed by atoms with Crippen molar-refractivity contribution in [2.45, 2.75) is 6.61 Å². The lowest BCUT2D eigenvalue weighted by Gasteiger charge is -2.08. The first kappa shape index (κ1) is 18.6. The highest BCUT2D eigenvalue weighted by Crippen LogP contribution is 2.25. The van der Waals surface area contributed by atoms with Crippen LogP contribution in [0.1, 0.15) is 5.56 Å². The van der Waals surface area contributed by atoms with Gasteiger partial charge in [0.05, 0.1) is 16.6 Å². The molecule has 0 atom stereocenters. The molecule has 3 heterocycles. The summed E-state index contributed by atoms with van der Waals surface area (Å²) in [5, 5.41) is 16.8. The summed E-state index contributed by atoms with van der Waals surface area (Å²) in [6.45, 7) is 0.329. The highest BCUT2D eigenvalue weighted by atomic mass is 16.5. The van der Waals surface area contributed by atoms with Gasteiger partial charge in [-0.2, -0.15) is 5.10 Å². The molecule has 0 aliphatic rings. The Morgan fingerprint density at radius 2 is 1.87 bits per heavy atom. The van der Waals surface area contributed by atoms with Crippen LogP contribution in [0.15, 0.2) is 88.5 Å². The molecule has 31 heavy (non-hydrogen) atoms. The average molecular weight is 411 g/mol. The normalized spacial score (nSPS) is 11.0. The predicted octanol–water partition coefficient (Wildman–Crippen LogP) is 4.53. The molecule has 7 nitrogen and oxygen atoms in total. The molecule has 0 aliphatic heterocycles. The van der Waals surface area contributed by atoms with Gasteiger partial charge in [0.1, 0.15) is 35.6 Å². The van der Waals surface area contributed by atoms with Crippen LogP contribution < -0.4 is 10.2 Å². The first-order chi connectivity index (χ1) is 15.2. The lowest BCUT2D eigenvalue weighted by atomic mass is 10.1. The fourth-order valence-electron chi connectivity index (χ4n) is 3.27. The molecule has 0 radical (unpaired) electrons. The summed E-state index contributed by atoms with van der Waals surface area (Å²) in [5.41, 5.74) is 3.88. The number of aromatic amines is 1. The van der Waals surface area contributed by atoms with Gasteiger partial charge in [0.15, 0.2) is 5.43 Å². The molecule has 2 N–H and O–H groups in total. The molecule has 5 rings (SSSR count). The first-order valence-corrected chi connectivity index (χ1v) is 9.60. The minimum Gasteiger partial charge on any atom is -0.508 e. The van der Waals surface area contributed by atoms with E-state index in [1.54, 1.807) is 42.7 Å². The Morgan fingerprint density at radius 1 is 1.00 bits per heavy atom. The van der Waals surface area contributed by atoms with Gasteiger partial charge >= 0.3 is 0 Å². The van der Waals surface area contributed by atoms with Gasteiger partial charge in [0, 0.05) is 24.0 Å². The second-order valence-corrected chi connectivity index (χ2v) is 6.98. The number of hydrogen-bond acceptors (Lipinski definition) is 6. The van der Waals surface area contributed by atoms with Crippen molar-refractivity contribution in [2.24, 2.45) is 0 Å². The number of rotatable bonds is 5. The van der Waals surface area contributed by atoms with Crippen LogP contribution in [0.2, 0.25) is 0 Å². The quantitative estimate of drug-likeness (QED) is 0.441. The maximum atomic E-state index is 12.9. The van der Waals surface area contributed by atoms with Crippen LogP contribution in [0.5, 0.6) is 11.5 Å². The predicted molar refractivity (Wildman–Crippen MR) is 116 cm³/mol. The van der Waals surface area contributed by atoms with Crippen LogP contribution in [0.25, 0.3) is 33.5 Å². The van der Waals surface area contributed by atoms with Gasteiger partial charge in [0.25, 0.3) is 0 Å². The Morgan fingerprint density at radius 3 is 2.61 bits per heavy atom. The zero-order chi connectivity index (χ0) is 21.2. The third-order valence-electron chi connectivity index (χ3n) is 4.92. The number of nitrogens with zero attached hydrogens (tertiary/aromatic N) is 2. The molecule has 2 aromatic carbocycles. The van der Waals surface area contributed by atoms with Crippen molar-refractivity contribution < 1.29 is 14.3 Å². The maximum Gasteiger partial charge on any atom is 0.200 e. The third kappa shape index (κ3) is 3.76. The molecule has 0 bridgehead atoms. The first-order valence-electron chi connectivity index (χ1n) is 9.60. The minimum atomic E-state index is -0.142. The monoisotopic (exact) mass is 411 g/mol. The number of phenolic OH excluding ortho intramolecular Hbond substituents is 1. The highest BCUT2D eigenvalue weighted by molar-refractivity contribution is 5.82. The number of aromatic nitrogens is 3.